The van der Waals surface area contributed by atoms with Gasteiger partial charge in [-0.15, -0.1) is 0 Å². The monoisotopic (exact) mass is 215 g/mol. The highest BCUT2D eigenvalue weighted by Gasteiger charge is 2.01. The molecule has 0 aliphatic heterocycles. The topological polar surface area (TPSA) is 27.3 Å². The Kier molecular flexibility index (Phi) is 11.9. The Labute approximate surface area is 95.6 Å². The molecule has 92 valence electrons. The van der Waals surface area contributed by atoms with Gasteiger partial charge in [-0.1, -0.05) is 40.0 Å². The first-order valence-electron chi connectivity index (χ1n) is 6.59. The van der Waals surface area contributed by atoms with E-state index in [9.17, 15) is 0 Å². The average molecular weight is 215 g/mol. The van der Waals surface area contributed by atoms with Gasteiger partial charge in [-0.3, -0.25) is 0 Å². The van der Waals surface area contributed by atoms with E-state index >= 15 is 0 Å². The molecule has 0 bridgehead atoms. The van der Waals surface area contributed by atoms with Gasteiger partial charge in [0.1, 0.15) is 0 Å². The van der Waals surface area contributed by atoms with Crippen molar-refractivity contribution in [3.05, 3.63) is 0 Å². The molecule has 0 heterocycles. The molecule has 0 aromatic carbocycles. The lowest BCUT2D eigenvalue weighted by Crippen LogP contribution is -2.49. The summed E-state index contributed by atoms with van der Waals surface area (Å²) in [4.78, 5) is 0. The largest absolute Gasteiger partial charge is 0.242 e. The van der Waals surface area contributed by atoms with Crippen molar-refractivity contribution in [2.24, 2.45) is 0 Å². The van der Waals surface area contributed by atoms with Crippen LogP contribution in [0.3, 0.4) is 0 Å². The number of rotatable bonds is 11. The molecule has 15 heavy (non-hydrogen) atoms. The van der Waals surface area contributed by atoms with E-state index in [1.807, 2.05) is 0 Å². The molecule has 0 fully saturated rings. The van der Waals surface area contributed by atoms with E-state index in [2.05, 4.69) is 36.7 Å². The molecule has 2 N–H and O–H groups in total. The normalized spacial score (nSPS) is 11.2. The Morgan fingerprint density at radius 3 is 1.60 bits per heavy atom. The van der Waals surface area contributed by atoms with Crippen molar-refractivity contribution >= 4 is 0 Å². The smallest absolute Gasteiger partial charge is 0.0288 e. The second-order valence-electron chi connectivity index (χ2n) is 4.03. The minimum atomic E-state index is 1.08. The quantitative estimate of drug-likeness (QED) is 0.410. The molecule has 3 heteroatoms. The number of hydrazine groups is 2. The van der Waals surface area contributed by atoms with Crippen molar-refractivity contribution in [1.82, 2.24) is 16.0 Å². The highest BCUT2D eigenvalue weighted by atomic mass is 15.7. The summed E-state index contributed by atoms with van der Waals surface area (Å²) in [5, 5.41) is 2.18. The number of hydrogen-bond donors (Lipinski definition) is 2. The molecule has 0 aromatic rings. The van der Waals surface area contributed by atoms with Gasteiger partial charge in [-0.05, 0) is 19.3 Å². The first-order chi connectivity index (χ1) is 7.35. The van der Waals surface area contributed by atoms with E-state index in [0.29, 0.717) is 0 Å². The van der Waals surface area contributed by atoms with E-state index in [0.717, 1.165) is 19.6 Å². The summed E-state index contributed by atoms with van der Waals surface area (Å²) in [6.07, 6.45) is 7.50. The summed E-state index contributed by atoms with van der Waals surface area (Å²) >= 11 is 0. The van der Waals surface area contributed by atoms with Crippen LogP contribution in [0, 0.1) is 0 Å². The number of hydrogen-bond acceptors (Lipinski definition) is 3. The molecule has 0 saturated carbocycles. The first kappa shape index (κ1) is 14.9. The Balaban J connectivity index is 3.53. The molecule has 0 amide bonds. The highest BCUT2D eigenvalue weighted by molar-refractivity contribution is 4.49. The summed E-state index contributed by atoms with van der Waals surface area (Å²) < 4.78 is 0. The van der Waals surface area contributed by atoms with Gasteiger partial charge in [0, 0.05) is 19.6 Å². The van der Waals surface area contributed by atoms with Crippen LogP contribution < -0.4 is 10.9 Å². The molecule has 0 spiro atoms. The van der Waals surface area contributed by atoms with Crippen LogP contribution in [0.2, 0.25) is 0 Å². The third-order valence-electron chi connectivity index (χ3n) is 2.40. The third kappa shape index (κ3) is 10.2. The van der Waals surface area contributed by atoms with E-state index in [1.54, 1.807) is 0 Å². The Morgan fingerprint density at radius 2 is 1.20 bits per heavy atom. The maximum atomic E-state index is 3.44. The van der Waals surface area contributed by atoms with Gasteiger partial charge in [0.2, 0.25) is 0 Å². The zero-order chi connectivity index (χ0) is 11.4. The van der Waals surface area contributed by atoms with Gasteiger partial charge < -0.3 is 0 Å². The van der Waals surface area contributed by atoms with Gasteiger partial charge in [-0.25, -0.2) is 10.9 Å². The number of nitrogens with one attached hydrogen (secondary N) is 2. The van der Waals surface area contributed by atoms with E-state index in [-0.39, 0.29) is 0 Å². The van der Waals surface area contributed by atoms with E-state index in [1.165, 1.54) is 38.5 Å². The van der Waals surface area contributed by atoms with Crippen LogP contribution >= 0.6 is 0 Å². The lowest BCUT2D eigenvalue weighted by Gasteiger charge is -2.24. The van der Waals surface area contributed by atoms with Gasteiger partial charge >= 0.3 is 0 Å². The standard InChI is InChI=1S/C12H29N3/c1-4-7-10-13-15(12-9-6-3)14-11-8-5-2/h13-14H,4-12H2,1-3H3. The molecular formula is C12H29N3. The van der Waals surface area contributed by atoms with Gasteiger partial charge in [0.05, 0.1) is 0 Å². The Hall–Kier alpha value is -0.120. The van der Waals surface area contributed by atoms with Gasteiger partial charge in [-0.2, -0.15) is 5.12 Å². The summed E-state index contributed by atoms with van der Waals surface area (Å²) in [7, 11) is 0. The highest BCUT2D eigenvalue weighted by Crippen LogP contribution is 1.91. The summed E-state index contributed by atoms with van der Waals surface area (Å²) in [6, 6.07) is 0. The minimum Gasteiger partial charge on any atom is -0.242 e. The lowest BCUT2D eigenvalue weighted by molar-refractivity contribution is 0.110. The molecular weight excluding hydrogens is 186 g/mol. The van der Waals surface area contributed by atoms with E-state index in [4.69, 9.17) is 0 Å². The van der Waals surface area contributed by atoms with Crippen molar-refractivity contribution < 1.29 is 0 Å². The Bertz CT molecular complexity index is 107. The van der Waals surface area contributed by atoms with Crippen LogP contribution in [0.4, 0.5) is 0 Å². The fourth-order valence-electron chi connectivity index (χ4n) is 1.31. The summed E-state index contributed by atoms with van der Waals surface area (Å²) in [5.41, 5.74) is 6.87. The fourth-order valence-corrected chi connectivity index (χ4v) is 1.31. The van der Waals surface area contributed by atoms with Crippen molar-refractivity contribution in [3.63, 3.8) is 0 Å². The van der Waals surface area contributed by atoms with Crippen LogP contribution in [-0.2, 0) is 0 Å². The van der Waals surface area contributed by atoms with Crippen molar-refractivity contribution in [3.8, 4) is 0 Å². The molecule has 0 unspecified atom stereocenters. The molecule has 0 radical (unpaired) electrons. The van der Waals surface area contributed by atoms with Crippen molar-refractivity contribution in [2.75, 3.05) is 19.6 Å². The molecule has 0 rings (SSSR count). The van der Waals surface area contributed by atoms with Crippen molar-refractivity contribution in [2.45, 2.75) is 59.3 Å². The zero-order valence-corrected chi connectivity index (χ0v) is 10.8. The van der Waals surface area contributed by atoms with Crippen LogP contribution in [0.15, 0.2) is 0 Å². The lowest BCUT2D eigenvalue weighted by atomic mass is 10.3. The predicted molar refractivity (Wildman–Crippen MR) is 67.4 cm³/mol. The van der Waals surface area contributed by atoms with Crippen LogP contribution in [-0.4, -0.2) is 24.8 Å². The van der Waals surface area contributed by atoms with Crippen LogP contribution in [0.1, 0.15) is 59.3 Å². The van der Waals surface area contributed by atoms with E-state index < -0.39 is 0 Å². The molecule has 0 aliphatic rings. The minimum absolute atomic E-state index is 1.08. The van der Waals surface area contributed by atoms with Crippen molar-refractivity contribution in [1.29, 1.82) is 0 Å². The molecule has 0 aromatic heterocycles. The third-order valence-corrected chi connectivity index (χ3v) is 2.40. The second-order valence-corrected chi connectivity index (χ2v) is 4.03. The second kappa shape index (κ2) is 12.0. The summed E-state index contributed by atoms with van der Waals surface area (Å²) in [5.74, 6) is 0. The van der Waals surface area contributed by atoms with Crippen LogP contribution in [0.5, 0.6) is 0 Å². The first-order valence-corrected chi connectivity index (χ1v) is 6.59. The molecule has 0 atom stereocenters. The number of unbranched alkanes of at least 4 members (excludes halogenated alkanes) is 3. The zero-order valence-electron chi connectivity index (χ0n) is 10.8. The number of nitrogens with zero attached hydrogens (tertiary/aromatic N) is 1. The fraction of sp³-hybridized carbons (Fsp3) is 1.00. The maximum Gasteiger partial charge on any atom is 0.0288 e. The van der Waals surface area contributed by atoms with Gasteiger partial charge in [0.15, 0.2) is 0 Å². The van der Waals surface area contributed by atoms with Crippen LogP contribution in [0.25, 0.3) is 0 Å². The average Bonchev–Trinajstić information content (AvgIpc) is 2.25. The maximum absolute atomic E-state index is 3.44. The molecule has 0 aliphatic carbocycles. The summed E-state index contributed by atoms with van der Waals surface area (Å²) in [6.45, 7) is 9.95. The Morgan fingerprint density at radius 1 is 0.733 bits per heavy atom. The predicted octanol–water partition coefficient (Wildman–Crippen LogP) is 2.70. The van der Waals surface area contributed by atoms with Gasteiger partial charge in [0.25, 0.3) is 0 Å². The molecule has 3 nitrogen and oxygen atoms in total. The molecule has 0 saturated heterocycles. The SMILES string of the molecule is CCCCNN(CCCC)NCCCC.